The number of benzene rings is 2. The molecule has 2 aromatic carbocycles. The highest BCUT2D eigenvalue weighted by molar-refractivity contribution is 5.94. The van der Waals surface area contributed by atoms with E-state index in [1.54, 1.807) is 0 Å². The van der Waals surface area contributed by atoms with E-state index in [4.69, 9.17) is 9.47 Å². The fourth-order valence-corrected chi connectivity index (χ4v) is 3.44. The highest BCUT2D eigenvalue weighted by Crippen LogP contribution is 2.23. The molecular formula is C23H30N2O3. The molecule has 1 aliphatic rings. The minimum Gasteiger partial charge on any atom is -0.494 e. The van der Waals surface area contributed by atoms with Crippen LogP contribution in [-0.2, 0) is 11.3 Å². The lowest BCUT2D eigenvalue weighted by Crippen LogP contribution is -2.48. The van der Waals surface area contributed by atoms with Crippen molar-refractivity contribution in [1.29, 1.82) is 0 Å². The van der Waals surface area contributed by atoms with E-state index in [9.17, 15) is 4.79 Å². The molecule has 0 aromatic heterocycles. The Kier molecular flexibility index (Phi) is 7.31. The molecule has 0 N–H and O–H groups in total. The van der Waals surface area contributed by atoms with Crippen molar-refractivity contribution in [3.63, 3.8) is 0 Å². The summed E-state index contributed by atoms with van der Waals surface area (Å²) in [5.74, 6) is 0.872. The monoisotopic (exact) mass is 382 g/mol. The number of hydrogen-bond donors (Lipinski definition) is 0. The lowest BCUT2D eigenvalue weighted by Gasteiger charge is -2.36. The van der Waals surface area contributed by atoms with Crippen LogP contribution in [-0.4, -0.2) is 50.2 Å². The number of nitrogens with zero attached hydrogens (tertiary/aromatic N) is 2. The fourth-order valence-electron chi connectivity index (χ4n) is 3.44. The summed E-state index contributed by atoms with van der Waals surface area (Å²) in [6, 6.07) is 16.0. The predicted octanol–water partition coefficient (Wildman–Crippen LogP) is 3.97. The molecule has 0 unspecified atom stereocenters. The Morgan fingerprint density at radius 3 is 2.43 bits per heavy atom. The van der Waals surface area contributed by atoms with Crippen LogP contribution in [0, 0.1) is 0 Å². The van der Waals surface area contributed by atoms with Gasteiger partial charge >= 0.3 is 0 Å². The van der Waals surface area contributed by atoms with E-state index in [-0.39, 0.29) is 5.91 Å². The average Bonchev–Trinajstić information content (AvgIpc) is 2.75. The van der Waals surface area contributed by atoms with Crippen molar-refractivity contribution in [2.45, 2.75) is 26.9 Å². The van der Waals surface area contributed by atoms with Crippen LogP contribution in [0.5, 0.6) is 5.75 Å². The maximum atomic E-state index is 13.0. The number of carbonyl (C=O) groups is 1. The van der Waals surface area contributed by atoms with Gasteiger partial charge in [-0.1, -0.05) is 25.1 Å². The smallest absolute Gasteiger partial charge is 0.253 e. The summed E-state index contributed by atoms with van der Waals surface area (Å²) < 4.78 is 11.4. The Hall–Kier alpha value is -2.53. The Labute approximate surface area is 167 Å². The minimum absolute atomic E-state index is 0.0764. The molecule has 1 saturated heterocycles. The summed E-state index contributed by atoms with van der Waals surface area (Å²) in [4.78, 5) is 17.3. The quantitative estimate of drug-likeness (QED) is 0.648. The minimum atomic E-state index is 0.0764. The highest BCUT2D eigenvalue weighted by atomic mass is 16.5. The molecule has 0 atom stereocenters. The number of amides is 1. The van der Waals surface area contributed by atoms with Crippen LogP contribution in [0.1, 0.15) is 36.2 Å². The molecule has 150 valence electrons. The second kappa shape index (κ2) is 10.1. The van der Waals surface area contributed by atoms with E-state index in [1.807, 2.05) is 36.1 Å². The first-order chi connectivity index (χ1) is 13.7. The summed E-state index contributed by atoms with van der Waals surface area (Å²) in [5, 5.41) is 0. The van der Waals surface area contributed by atoms with E-state index < -0.39 is 0 Å². The van der Waals surface area contributed by atoms with Gasteiger partial charge in [0.15, 0.2) is 0 Å². The van der Waals surface area contributed by atoms with Gasteiger partial charge in [0.25, 0.3) is 5.91 Å². The van der Waals surface area contributed by atoms with Gasteiger partial charge in [0.05, 0.1) is 13.2 Å². The summed E-state index contributed by atoms with van der Waals surface area (Å²) in [5.41, 5.74) is 2.85. The van der Waals surface area contributed by atoms with E-state index in [0.717, 1.165) is 43.9 Å². The number of para-hydroxylation sites is 1. The average molecular weight is 383 g/mol. The third-order valence-electron chi connectivity index (χ3n) is 4.90. The predicted molar refractivity (Wildman–Crippen MR) is 112 cm³/mol. The van der Waals surface area contributed by atoms with Crippen LogP contribution < -0.4 is 9.64 Å². The molecule has 5 heteroatoms. The molecule has 28 heavy (non-hydrogen) atoms. The van der Waals surface area contributed by atoms with Gasteiger partial charge in [-0.2, -0.15) is 0 Å². The zero-order chi connectivity index (χ0) is 19.8. The van der Waals surface area contributed by atoms with E-state index in [1.165, 1.54) is 5.69 Å². The van der Waals surface area contributed by atoms with Gasteiger partial charge in [0.1, 0.15) is 5.75 Å². The van der Waals surface area contributed by atoms with E-state index >= 15 is 0 Å². The zero-order valence-corrected chi connectivity index (χ0v) is 16.9. The molecule has 1 fully saturated rings. The van der Waals surface area contributed by atoms with E-state index in [0.29, 0.717) is 25.4 Å². The van der Waals surface area contributed by atoms with Crippen LogP contribution in [0.25, 0.3) is 0 Å². The Balaban J connectivity index is 1.66. The molecule has 1 amide bonds. The molecular weight excluding hydrogens is 352 g/mol. The first-order valence-electron chi connectivity index (χ1n) is 10.2. The molecule has 1 aliphatic heterocycles. The molecule has 0 radical (unpaired) electrons. The standard InChI is InChI=1S/C23H30N2O3/c1-3-16-27-18-20-17-19(10-11-22(20)28-4-2)23(26)25-14-12-24(13-15-25)21-8-6-5-7-9-21/h5-11,17H,3-4,12-16,18H2,1-2H3. The van der Waals surface area contributed by atoms with Gasteiger partial charge in [-0.3, -0.25) is 4.79 Å². The van der Waals surface area contributed by atoms with Gasteiger partial charge in [0.2, 0.25) is 0 Å². The molecule has 2 aromatic rings. The van der Waals surface area contributed by atoms with Crippen molar-refractivity contribution >= 4 is 11.6 Å². The van der Waals surface area contributed by atoms with E-state index in [2.05, 4.69) is 36.1 Å². The maximum Gasteiger partial charge on any atom is 0.253 e. The fraction of sp³-hybridized carbons (Fsp3) is 0.435. The van der Waals surface area contributed by atoms with Crippen molar-refractivity contribution in [3.05, 3.63) is 59.7 Å². The zero-order valence-electron chi connectivity index (χ0n) is 16.9. The second-order valence-corrected chi connectivity index (χ2v) is 6.92. The molecule has 0 bridgehead atoms. The van der Waals surface area contributed by atoms with Crippen LogP contribution >= 0.6 is 0 Å². The van der Waals surface area contributed by atoms with Crippen molar-refractivity contribution < 1.29 is 14.3 Å². The summed E-state index contributed by atoms with van der Waals surface area (Å²) in [6.45, 7) is 8.94. The number of hydrogen-bond acceptors (Lipinski definition) is 4. The number of piperazine rings is 1. The molecule has 1 heterocycles. The highest BCUT2D eigenvalue weighted by Gasteiger charge is 2.23. The number of rotatable bonds is 8. The number of carbonyl (C=O) groups excluding carboxylic acids is 1. The van der Waals surface area contributed by atoms with Crippen LogP contribution in [0.3, 0.4) is 0 Å². The first kappa shape index (κ1) is 20.2. The van der Waals surface area contributed by atoms with Crippen molar-refractivity contribution in [1.82, 2.24) is 4.90 Å². The summed E-state index contributed by atoms with van der Waals surface area (Å²) in [6.07, 6.45) is 0.967. The second-order valence-electron chi connectivity index (χ2n) is 6.92. The maximum absolute atomic E-state index is 13.0. The lowest BCUT2D eigenvalue weighted by atomic mass is 10.1. The Morgan fingerprint density at radius 1 is 1.00 bits per heavy atom. The Bertz CT molecular complexity index is 756. The van der Waals surface area contributed by atoms with Crippen LogP contribution in [0.2, 0.25) is 0 Å². The van der Waals surface area contributed by atoms with Gasteiger partial charge in [-0.25, -0.2) is 0 Å². The topological polar surface area (TPSA) is 42.0 Å². The molecule has 3 rings (SSSR count). The van der Waals surface area contributed by atoms with Crippen LogP contribution in [0.4, 0.5) is 5.69 Å². The lowest BCUT2D eigenvalue weighted by molar-refractivity contribution is 0.0746. The van der Waals surface area contributed by atoms with Crippen molar-refractivity contribution in [2.75, 3.05) is 44.3 Å². The van der Waals surface area contributed by atoms with Crippen molar-refractivity contribution in [3.8, 4) is 5.75 Å². The van der Waals surface area contributed by atoms with Gasteiger partial charge in [-0.05, 0) is 43.7 Å². The van der Waals surface area contributed by atoms with Gasteiger partial charge < -0.3 is 19.3 Å². The number of anilines is 1. The van der Waals surface area contributed by atoms with Gasteiger partial charge in [-0.15, -0.1) is 0 Å². The molecule has 0 aliphatic carbocycles. The normalized spacial score (nSPS) is 14.2. The summed E-state index contributed by atoms with van der Waals surface area (Å²) in [7, 11) is 0. The number of ether oxygens (including phenoxy) is 2. The first-order valence-corrected chi connectivity index (χ1v) is 10.2. The third-order valence-corrected chi connectivity index (χ3v) is 4.90. The molecule has 0 saturated carbocycles. The van der Waals surface area contributed by atoms with Crippen LogP contribution in [0.15, 0.2) is 48.5 Å². The SMILES string of the molecule is CCCOCc1cc(C(=O)N2CCN(c3ccccc3)CC2)ccc1OCC. The molecule has 0 spiro atoms. The molecule has 5 nitrogen and oxygen atoms in total. The largest absolute Gasteiger partial charge is 0.494 e. The Morgan fingerprint density at radius 2 is 1.75 bits per heavy atom. The van der Waals surface area contributed by atoms with Gasteiger partial charge in [0, 0.05) is 49.6 Å². The third kappa shape index (κ3) is 5.04. The summed E-state index contributed by atoms with van der Waals surface area (Å²) >= 11 is 0. The van der Waals surface area contributed by atoms with Crippen molar-refractivity contribution in [2.24, 2.45) is 0 Å².